The first-order valence-corrected chi connectivity index (χ1v) is 6.49. The van der Waals surface area contributed by atoms with Crippen LogP contribution in [0.25, 0.3) is 0 Å². The number of rotatable bonds is 5. The van der Waals surface area contributed by atoms with Crippen LogP contribution in [0, 0.1) is 10.1 Å². The summed E-state index contributed by atoms with van der Waals surface area (Å²) in [5, 5.41) is 10.8. The molecule has 1 atom stereocenters. The summed E-state index contributed by atoms with van der Waals surface area (Å²) in [6.45, 7) is 1.22. The highest BCUT2D eigenvalue weighted by molar-refractivity contribution is 7.89. The van der Waals surface area contributed by atoms with Gasteiger partial charge in [0.15, 0.2) is 4.90 Å². The lowest BCUT2D eigenvalue weighted by molar-refractivity contribution is -0.387. The van der Waals surface area contributed by atoms with E-state index in [-0.39, 0.29) is 5.69 Å². The van der Waals surface area contributed by atoms with Gasteiger partial charge in [0, 0.05) is 11.8 Å². The lowest BCUT2D eigenvalue weighted by atomic mass is 10.3. The predicted octanol–water partition coefficient (Wildman–Crippen LogP) is -0.671. The number of nitrogens with one attached hydrogen (secondary N) is 1. The molecule has 9 nitrogen and oxygen atoms in total. The van der Waals surface area contributed by atoms with E-state index < -0.39 is 37.5 Å². The molecule has 5 N–H and O–H groups in total. The zero-order chi connectivity index (χ0) is 14.8. The molecule has 1 rings (SSSR count). The van der Waals surface area contributed by atoms with Crippen LogP contribution >= 0.6 is 0 Å². The number of nitrogens with two attached hydrogens (primary N) is 2. The van der Waals surface area contributed by atoms with Gasteiger partial charge in [-0.05, 0) is 19.1 Å². The zero-order valence-corrected chi connectivity index (χ0v) is 10.7. The molecule has 1 amide bonds. The Labute approximate surface area is 108 Å². The first-order chi connectivity index (χ1) is 8.65. The van der Waals surface area contributed by atoms with Crippen molar-refractivity contribution in [2.45, 2.75) is 17.9 Å². The molecule has 1 aromatic carbocycles. The van der Waals surface area contributed by atoms with Crippen molar-refractivity contribution in [1.82, 2.24) is 4.72 Å². The van der Waals surface area contributed by atoms with E-state index in [9.17, 15) is 23.3 Å². The minimum Gasteiger partial charge on any atom is -0.399 e. The van der Waals surface area contributed by atoms with Crippen molar-refractivity contribution in [3.05, 3.63) is 28.3 Å². The van der Waals surface area contributed by atoms with Crippen LogP contribution in [-0.2, 0) is 14.8 Å². The van der Waals surface area contributed by atoms with Gasteiger partial charge in [-0.1, -0.05) is 0 Å². The monoisotopic (exact) mass is 288 g/mol. The normalized spacial score (nSPS) is 12.9. The summed E-state index contributed by atoms with van der Waals surface area (Å²) in [6, 6.07) is 1.91. The second-order valence-electron chi connectivity index (χ2n) is 3.73. The van der Waals surface area contributed by atoms with Crippen LogP contribution in [0.3, 0.4) is 0 Å². The highest BCUT2D eigenvalue weighted by atomic mass is 32.2. The van der Waals surface area contributed by atoms with Gasteiger partial charge in [0.1, 0.15) is 0 Å². The van der Waals surface area contributed by atoms with Gasteiger partial charge in [0.05, 0.1) is 11.0 Å². The Kier molecular flexibility index (Phi) is 4.07. The van der Waals surface area contributed by atoms with Crippen molar-refractivity contribution in [3.63, 3.8) is 0 Å². The van der Waals surface area contributed by atoms with Crippen LogP contribution < -0.4 is 16.2 Å². The summed E-state index contributed by atoms with van der Waals surface area (Å²) < 4.78 is 25.8. The van der Waals surface area contributed by atoms with E-state index in [1.54, 1.807) is 0 Å². The molecule has 104 valence electrons. The molecule has 0 aliphatic heterocycles. The van der Waals surface area contributed by atoms with Crippen molar-refractivity contribution in [1.29, 1.82) is 0 Å². The number of nitro benzene ring substituents is 1. The fraction of sp³-hybridized carbons (Fsp3) is 0.222. The predicted molar refractivity (Wildman–Crippen MR) is 66.5 cm³/mol. The molecule has 0 aliphatic carbocycles. The maximum atomic E-state index is 11.9. The first kappa shape index (κ1) is 14.9. The number of sulfonamides is 1. The molecule has 0 spiro atoms. The Bertz CT molecular complexity index is 627. The minimum absolute atomic E-state index is 0.0395. The van der Waals surface area contributed by atoms with Gasteiger partial charge in [0.2, 0.25) is 15.9 Å². The van der Waals surface area contributed by atoms with Gasteiger partial charge < -0.3 is 11.5 Å². The van der Waals surface area contributed by atoms with Crippen LogP contribution in [-0.4, -0.2) is 25.3 Å². The Morgan fingerprint density at radius 2 is 2.05 bits per heavy atom. The number of amides is 1. The summed E-state index contributed by atoms with van der Waals surface area (Å²) in [5.41, 5.74) is 9.73. The molecule has 0 aromatic heterocycles. The molecule has 0 fully saturated rings. The molecule has 1 aromatic rings. The second kappa shape index (κ2) is 5.20. The molecular formula is C9H12N4O5S. The lowest BCUT2D eigenvalue weighted by Crippen LogP contribution is -2.42. The Morgan fingerprint density at radius 3 is 2.53 bits per heavy atom. The summed E-state index contributed by atoms with van der Waals surface area (Å²) in [5.74, 6) is -0.907. The third-order valence-electron chi connectivity index (χ3n) is 2.23. The fourth-order valence-corrected chi connectivity index (χ4v) is 2.67. The number of benzene rings is 1. The highest BCUT2D eigenvalue weighted by Crippen LogP contribution is 2.25. The maximum absolute atomic E-state index is 11.9. The number of nitro groups is 1. The highest BCUT2D eigenvalue weighted by Gasteiger charge is 2.28. The fourth-order valence-electron chi connectivity index (χ4n) is 1.25. The number of hydrogen-bond donors (Lipinski definition) is 3. The zero-order valence-electron chi connectivity index (χ0n) is 9.86. The number of anilines is 1. The van der Waals surface area contributed by atoms with E-state index in [1.165, 1.54) is 13.0 Å². The molecule has 19 heavy (non-hydrogen) atoms. The van der Waals surface area contributed by atoms with Gasteiger partial charge in [0.25, 0.3) is 5.69 Å². The first-order valence-electron chi connectivity index (χ1n) is 5.00. The van der Waals surface area contributed by atoms with Gasteiger partial charge >= 0.3 is 0 Å². The van der Waals surface area contributed by atoms with Crippen molar-refractivity contribution in [2.24, 2.45) is 5.73 Å². The topological polar surface area (TPSA) is 158 Å². The number of carbonyl (C=O) groups excluding carboxylic acids is 1. The molecule has 10 heteroatoms. The standard InChI is InChI=1S/C9H12N4O5S/c1-5(9(11)14)12-19(17,18)8-4-6(10)2-3-7(8)13(15)16/h2-5,12H,10H2,1H3,(H2,11,14). The molecule has 0 bridgehead atoms. The van der Waals surface area contributed by atoms with E-state index in [4.69, 9.17) is 11.5 Å². The molecule has 0 saturated carbocycles. The average Bonchev–Trinajstić information content (AvgIpc) is 2.27. The maximum Gasteiger partial charge on any atom is 0.289 e. The summed E-state index contributed by atoms with van der Waals surface area (Å²) in [4.78, 5) is 20.1. The van der Waals surface area contributed by atoms with Crippen molar-refractivity contribution in [2.75, 3.05) is 5.73 Å². The summed E-state index contributed by atoms with van der Waals surface area (Å²) in [6.07, 6.45) is 0. The average molecular weight is 288 g/mol. The van der Waals surface area contributed by atoms with Crippen LogP contribution in [0.1, 0.15) is 6.92 Å². The quantitative estimate of drug-likeness (QED) is 0.370. The van der Waals surface area contributed by atoms with Gasteiger partial charge in [-0.2, -0.15) is 4.72 Å². The number of nitrogen functional groups attached to an aromatic ring is 1. The molecular weight excluding hydrogens is 276 g/mol. The molecule has 0 heterocycles. The van der Waals surface area contributed by atoms with E-state index >= 15 is 0 Å². The van der Waals surface area contributed by atoms with E-state index in [2.05, 4.69) is 0 Å². The Hall–Kier alpha value is -2.20. The minimum atomic E-state index is -4.28. The van der Waals surface area contributed by atoms with Crippen molar-refractivity contribution in [3.8, 4) is 0 Å². The van der Waals surface area contributed by atoms with Crippen molar-refractivity contribution < 1.29 is 18.1 Å². The lowest BCUT2D eigenvalue weighted by Gasteiger charge is -2.11. The molecule has 0 saturated heterocycles. The van der Waals surface area contributed by atoms with E-state index in [0.717, 1.165) is 12.1 Å². The number of nitrogens with zero attached hydrogens (tertiary/aromatic N) is 1. The Balaban J connectivity index is 3.31. The summed E-state index contributed by atoms with van der Waals surface area (Å²) >= 11 is 0. The van der Waals surface area contributed by atoms with Gasteiger partial charge in [-0.3, -0.25) is 14.9 Å². The summed E-state index contributed by atoms with van der Waals surface area (Å²) in [7, 11) is -4.28. The Morgan fingerprint density at radius 1 is 1.47 bits per heavy atom. The van der Waals surface area contributed by atoms with Crippen LogP contribution in [0.4, 0.5) is 11.4 Å². The largest absolute Gasteiger partial charge is 0.399 e. The van der Waals surface area contributed by atoms with Crippen LogP contribution in [0.15, 0.2) is 23.1 Å². The number of primary amides is 1. The number of hydrogen-bond acceptors (Lipinski definition) is 6. The SMILES string of the molecule is CC(NS(=O)(=O)c1cc(N)ccc1[N+](=O)[O-])C(N)=O. The van der Waals surface area contributed by atoms with E-state index in [0.29, 0.717) is 0 Å². The number of carbonyl (C=O) groups is 1. The molecule has 1 unspecified atom stereocenters. The molecule has 0 radical (unpaired) electrons. The molecule has 0 aliphatic rings. The van der Waals surface area contributed by atoms with Crippen molar-refractivity contribution >= 4 is 27.3 Å². The van der Waals surface area contributed by atoms with Crippen LogP contribution in [0.2, 0.25) is 0 Å². The smallest absolute Gasteiger partial charge is 0.289 e. The third-order valence-corrected chi connectivity index (χ3v) is 3.80. The van der Waals surface area contributed by atoms with Gasteiger partial charge in [-0.25, -0.2) is 8.42 Å². The van der Waals surface area contributed by atoms with Gasteiger partial charge in [-0.15, -0.1) is 0 Å². The van der Waals surface area contributed by atoms with E-state index in [1.807, 2.05) is 4.72 Å². The van der Waals surface area contributed by atoms with Crippen LogP contribution in [0.5, 0.6) is 0 Å². The third kappa shape index (κ3) is 3.39. The second-order valence-corrected chi connectivity index (χ2v) is 5.41.